The molecule has 0 atom stereocenters. The van der Waals surface area contributed by atoms with Crippen LogP contribution in [0.15, 0.2) is 24.3 Å². The Hall–Kier alpha value is -2.01. The highest BCUT2D eigenvalue weighted by Crippen LogP contribution is 2.32. The lowest BCUT2D eigenvalue weighted by Crippen LogP contribution is -2.03. The van der Waals surface area contributed by atoms with Crippen molar-refractivity contribution >= 4 is 0 Å². The maximum atomic E-state index is 5.65. The fourth-order valence-corrected chi connectivity index (χ4v) is 1.84. The molecule has 2 aromatic rings. The summed E-state index contributed by atoms with van der Waals surface area (Å²) in [5.41, 5.74) is 8.39. The van der Waals surface area contributed by atoms with Crippen molar-refractivity contribution in [1.82, 2.24) is 9.78 Å². The van der Waals surface area contributed by atoms with Crippen LogP contribution in [-0.4, -0.2) is 24.0 Å². The summed E-state index contributed by atoms with van der Waals surface area (Å²) in [4.78, 5) is 0. The Bertz CT molecular complexity index is 549. The minimum absolute atomic E-state index is 0.460. The van der Waals surface area contributed by atoms with Gasteiger partial charge in [0.25, 0.3) is 0 Å². The smallest absolute Gasteiger partial charge is 0.132 e. The Morgan fingerprint density at radius 3 is 2.56 bits per heavy atom. The molecule has 0 amide bonds. The number of benzene rings is 1. The predicted octanol–water partition coefficient (Wildman–Crippen LogP) is 1.56. The number of rotatable bonds is 4. The summed E-state index contributed by atoms with van der Waals surface area (Å²) >= 11 is 0. The average molecular weight is 247 g/mol. The highest BCUT2D eigenvalue weighted by Gasteiger charge is 2.12. The highest BCUT2D eigenvalue weighted by atomic mass is 16.5. The van der Waals surface area contributed by atoms with Crippen LogP contribution in [0.3, 0.4) is 0 Å². The Labute approximate surface area is 106 Å². The van der Waals surface area contributed by atoms with E-state index in [1.165, 1.54) is 0 Å². The van der Waals surface area contributed by atoms with Crippen molar-refractivity contribution in [2.24, 2.45) is 12.8 Å². The standard InChI is InChI=1S/C13H17N3O2/c1-16-9(8-14)6-12(15-16)11-5-4-10(17-2)7-13(11)18-3/h4-7H,8,14H2,1-3H3. The molecule has 5 heteroatoms. The molecule has 0 saturated heterocycles. The Kier molecular flexibility index (Phi) is 3.53. The van der Waals surface area contributed by atoms with Crippen LogP contribution in [-0.2, 0) is 13.6 Å². The van der Waals surface area contributed by atoms with E-state index in [1.807, 2.05) is 31.3 Å². The zero-order valence-corrected chi connectivity index (χ0v) is 10.8. The first-order valence-corrected chi connectivity index (χ1v) is 5.65. The average Bonchev–Trinajstić information content (AvgIpc) is 2.79. The molecular weight excluding hydrogens is 230 g/mol. The van der Waals surface area contributed by atoms with Crippen molar-refractivity contribution in [3.63, 3.8) is 0 Å². The number of ether oxygens (including phenoxy) is 2. The molecule has 0 saturated carbocycles. The molecule has 0 aliphatic rings. The summed E-state index contributed by atoms with van der Waals surface area (Å²) in [6.07, 6.45) is 0. The molecule has 0 bridgehead atoms. The number of nitrogens with zero attached hydrogens (tertiary/aromatic N) is 2. The second-order valence-corrected chi connectivity index (χ2v) is 3.91. The van der Waals surface area contributed by atoms with E-state index in [1.54, 1.807) is 18.9 Å². The van der Waals surface area contributed by atoms with Crippen molar-refractivity contribution in [1.29, 1.82) is 0 Å². The largest absolute Gasteiger partial charge is 0.497 e. The topological polar surface area (TPSA) is 62.3 Å². The number of hydrogen-bond acceptors (Lipinski definition) is 4. The van der Waals surface area contributed by atoms with Crippen molar-refractivity contribution in [3.05, 3.63) is 30.0 Å². The molecule has 0 aliphatic carbocycles. The van der Waals surface area contributed by atoms with Gasteiger partial charge in [0.1, 0.15) is 11.5 Å². The van der Waals surface area contributed by atoms with Gasteiger partial charge in [-0.25, -0.2) is 0 Å². The molecule has 0 unspecified atom stereocenters. The van der Waals surface area contributed by atoms with Gasteiger partial charge in [-0.15, -0.1) is 0 Å². The van der Waals surface area contributed by atoms with E-state index in [4.69, 9.17) is 15.2 Å². The van der Waals surface area contributed by atoms with E-state index in [2.05, 4.69) is 5.10 Å². The summed E-state index contributed by atoms with van der Waals surface area (Å²) in [6, 6.07) is 7.62. The molecule has 2 N–H and O–H groups in total. The third-order valence-corrected chi connectivity index (χ3v) is 2.87. The molecule has 18 heavy (non-hydrogen) atoms. The fourth-order valence-electron chi connectivity index (χ4n) is 1.84. The van der Waals surface area contributed by atoms with Gasteiger partial charge in [-0.05, 0) is 18.2 Å². The molecule has 0 fully saturated rings. The van der Waals surface area contributed by atoms with Gasteiger partial charge in [0.15, 0.2) is 0 Å². The predicted molar refractivity (Wildman–Crippen MR) is 69.6 cm³/mol. The molecule has 1 aromatic carbocycles. The number of aryl methyl sites for hydroxylation is 1. The van der Waals surface area contributed by atoms with E-state index in [-0.39, 0.29) is 0 Å². The zero-order chi connectivity index (χ0) is 13.1. The van der Waals surface area contributed by atoms with Crippen molar-refractivity contribution < 1.29 is 9.47 Å². The van der Waals surface area contributed by atoms with Crippen molar-refractivity contribution in [2.75, 3.05) is 14.2 Å². The third-order valence-electron chi connectivity index (χ3n) is 2.87. The Morgan fingerprint density at radius 1 is 1.22 bits per heavy atom. The molecule has 2 rings (SSSR count). The quantitative estimate of drug-likeness (QED) is 0.890. The van der Waals surface area contributed by atoms with Gasteiger partial charge >= 0.3 is 0 Å². The van der Waals surface area contributed by atoms with Crippen LogP contribution in [0, 0.1) is 0 Å². The van der Waals surface area contributed by atoms with E-state index < -0.39 is 0 Å². The van der Waals surface area contributed by atoms with E-state index >= 15 is 0 Å². The third kappa shape index (κ3) is 2.17. The van der Waals surface area contributed by atoms with Crippen LogP contribution >= 0.6 is 0 Å². The van der Waals surface area contributed by atoms with E-state index in [0.717, 1.165) is 28.5 Å². The lowest BCUT2D eigenvalue weighted by atomic mass is 10.1. The van der Waals surface area contributed by atoms with Gasteiger partial charge in [-0.3, -0.25) is 4.68 Å². The number of hydrogen-bond donors (Lipinski definition) is 1. The minimum Gasteiger partial charge on any atom is -0.497 e. The first-order valence-electron chi connectivity index (χ1n) is 5.65. The normalized spacial score (nSPS) is 10.4. The monoisotopic (exact) mass is 247 g/mol. The van der Waals surface area contributed by atoms with Gasteiger partial charge in [0.05, 0.1) is 25.6 Å². The SMILES string of the molecule is COc1ccc(-c2cc(CN)n(C)n2)c(OC)c1. The molecule has 1 heterocycles. The van der Waals surface area contributed by atoms with Gasteiger partial charge in [-0.1, -0.05) is 0 Å². The van der Waals surface area contributed by atoms with Crippen molar-refractivity contribution in [3.8, 4) is 22.8 Å². The summed E-state index contributed by atoms with van der Waals surface area (Å²) in [5.74, 6) is 1.49. The van der Waals surface area contributed by atoms with Crippen LogP contribution < -0.4 is 15.2 Å². The maximum absolute atomic E-state index is 5.65. The van der Waals surface area contributed by atoms with E-state index in [9.17, 15) is 0 Å². The second-order valence-electron chi connectivity index (χ2n) is 3.91. The second kappa shape index (κ2) is 5.10. The first-order chi connectivity index (χ1) is 8.69. The molecule has 0 radical (unpaired) electrons. The fraction of sp³-hybridized carbons (Fsp3) is 0.308. The summed E-state index contributed by atoms with van der Waals surface area (Å²) < 4.78 is 12.3. The Morgan fingerprint density at radius 2 is 2.00 bits per heavy atom. The highest BCUT2D eigenvalue weighted by molar-refractivity contribution is 5.68. The molecule has 96 valence electrons. The van der Waals surface area contributed by atoms with Gasteiger partial charge in [0, 0.05) is 25.2 Å². The number of nitrogens with two attached hydrogens (primary N) is 1. The zero-order valence-electron chi connectivity index (χ0n) is 10.8. The van der Waals surface area contributed by atoms with Gasteiger partial charge in [0.2, 0.25) is 0 Å². The summed E-state index contributed by atoms with van der Waals surface area (Å²) in [6.45, 7) is 0.460. The summed E-state index contributed by atoms with van der Waals surface area (Å²) in [7, 11) is 5.13. The molecular formula is C13H17N3O2. The number of aromatic nitrogens is 2. The minimum atomic E-state index is 0.460. The molecule has 0 aliphatic heterocycles. The first kappa shape index (κ1) is 12.4. The molecule has 5 nitrogen and oxygen atoms in total. The summed E-state index contributed by atoms with van der Waals surface area (Å²) in [5, 5.41) is 4.43. The molecule has 1 aromatic heterocycles. The van der Waals surface area contributed by atoms with Crippen LogP contribution in [0.25, 0.3) is 11.3 Å². The van der Waals surface area contributed by atoms with Crippen LogP contribution in [0.1, 0.15) is 5.69 Å². The van der Waals surface area contributed by atoms with Crippen molar-refractivity contribution in [2.45, 2.75) is 6.54 Å². The van der Waals surface area contributed by atoms with Crippen LogP contribution in [0.4, 0.5) is 0 Å². The van der Waals surface area contributed by atoms with Gasteiger partial charge < -0.3 is 15.2 Å². The maximum Gasteiger partial charge on any atom is 0.132 e. The lowest BCUT2D eigenvalue weighted by Gasteiger charge is -2.08. The van der Waals surface area contributed by atoms with Crippen LogP contribution in [0.2, 0.25) is 0 Å². The lowest BCUT2D eigenvalue weighted by molar-refractivity contribution is 0.395. The van der Waals surface area contributed by atoms with Gasteiger partial charge in [-0.2, -0.15) is 5.10 Å². The Balaban J connectivity index is 2.48. The molecule has 0 spiro atoms. The van der Waals surface area contributed by atoms with E-state index in [0.29, 0.717) is 6.54 Å². The van der Waals surface area contributed by atoms with Crippen LogP contribution in [0.5, 0.6) is 11.5 Å². The number of methoxy groups -OCH3 is 2.